The number of aromatic nitrogens is 1. The number of hydrogen-bond acceptors (Lipinski definition) is 4. The van der Waals surface area contributed by atoms with Gasteiger partial charge in [0.1, 0.15) is 0 Å². The van der Waals surface area contributed by atoms with Crippen LogP contribution >= 0.6 is 0 Å². The van der Waals surface area contributed by atoms with E-state index in [1.165, 1.54) is 12.3 Å². The van der Waals surface area contributed by atoms with Gasteiger partial charge in [-0.2, -0.15) is 0 Å². The van der Waals surface area contributed by atoms with Gasteiger partial charge in [-0.05, 0) is 11.6 Å². The summed E-state index contributed by atoms with van der Waals surface area (Å²) in [6.07, 6.45) is 1.36. The number of halogens is 1. The van der Waals surface area contributed by atoms with E-state index >= 15 is 0 Å². The van der Waals surface area contributed by atoms with Gasteiger partial charge >= 0.3 is 5.97 Å². The number of pyridine rings is 1. The Morgan fingerprint density at radius 2 is 2.50 bits per heavy atom. The molecule has 2 N–H and O–H groups in total. The Balaban J connectivity index is 2.23. The van der Waals surface area contributed by atoms with Crippen LogP contribution in [0.4, 0.5) is 4.39 Å². The van der Waals surface area contributed by atoms with Crippen LogP contribution in [0.15, 0.2) is 12.3 Å². The summed E-state index contributed by atoms with van der Waals surface area (Å²) in [5, 5.41) is 11.8. The molecule has 5 nitrogen and oxygen atoms in total. The molecule has 6 heteroatoms. The first-order chi connectivity index (χ1) is 7.68. The second-order valence-corrected chi connectivity index (χ2v) is 3.49. The van der Waals surface area contributed by atoms with Crippen LogP contribution in [-0.2, 0) is 4.74 Å². The van der Waals surface area contributed by atoms with Crippen molar-refractivity contribution in [3.05, 3.63) is 29.3 Å². The van der Waals surface area contributed by atoms with Gasteiger partial charge in [0.2, 0.25) is 0 Å². The lowest BCUT2D eigenvalue weighted by molar-refractivity contribution is 0.0684. The highest BCUT2D eigenvalue weighted by Gasteiger charge is 2.19. The van der Waals surface area contributed by atoms with Crippen LogP contribution in [0.2, 0.25) is 0 Å². The van der Waals surface area contributed by atoms with E-state index in [2.05, 4.69) is 10.3 Å². The molecule has 86 valence electrons. The predicted molar refractivity (Wildman–Crippen MR) is 52.7 cm³/mol. The lowest BCUT2D eigenvalue weighted by atomic mass is 10.1. The van der Waals surface area contributed by atoms with Gasteiger partial charge in [-0.15, -0.1) is 0 Å². The summed E-state index contributed by atoms with van der Waals surface area (Å²) >= 11 is 0. The van der Waals surface area contributed by atoms with E-state index in [4.69, 9.17) is 9.84 Å². The highest BCUT2D eigenvalue weighted by molar-refractivity contribution is 5.85. The van der Waals surface area contributed by atoms with Gasteiger partial charge in [0.15, 0.2) is 11.5 Å². The van der Waals surface area contributed by atoms with E-state index in [0.29, 0.717) is 25.3 Å². The number of nitrogens with one attached hydrogen (secondary N) is 1. The zero-order chi connectivity index (χ0) is 11.5. The molecule has 1 fully saturated rings. The second-order valence-electron chi connectivity index (χ2n) is 3.49. The summed E-state index contributed by atoms with van der Waals surface area (Å²) in [4.78, 5) is 14.1. The number of morpholine rings is 1. The minimum Gasteiger partial charge on any atom is -0.476 e. The topological polar surface area (TPSA) is 71.5 Å². The number of carbonyl (C=O) groups is 1. The van der Waals surface area contributed by atoms with Crippen molar-refractivity contribution in [2.45, 2.75) is 6.04 Å². The molecule has 1 aliphatic heterocycles. The van der Waals surface area contributed by atoms with Crippen molar-refractivity contribution < 1.29 is 19.0 Å². The Morgan fingerprint density at radius 3 is 3.06 bits per heavy atom. The maximum absolute atomic E-state index is 13.3. The Bertz CT molecular complexity index is 405. The summed E-state index contributed by atoms with van der Waals surface area (Å²) < 4.78 is 18.6. The van der Waals surface area contributed by atoms with E-state index in [9.17, 15) is 9.18 Å². The quantitative estimate of drug-likeness (QED) is 0.771. The van der Waals surface area contributed by atoms with Crippen LogP contribution in [0.1, 0.15) is 22.1 Å². The minimum absolute atomic E-state index is 0.126. The molecule has 0 saturated carbocycles. The van der Waals surface area contributed by atoms with Crippen LogP contribution in [0.5, 0.6) is 0 Å². The van der Waals surface area contributed by atoms with Gasteiger partial charge in [-0.25, -0.2) is 14.2 Å². The third-order valence-corrected chi connectivity index (χ3v) is 2.39. The molecule has 1 atom stereocenters. The normalized spacial score (nSPS) is 20.7. The largest absolute Gasteiger partial charge is 0.476 e. The van der Waals surface area contributed by atoms with Gasteiger partial charge in [0, 0.05) is 12.7 Å². The zero-order valence-electron chi connectivity index (χ0n) is 8.44. The third-order valence-electron chi connectivity index (χ3n) is 2.39. The monoisotopic (exact) mass is 226 g/mol. The number of nitrogens with zero attached hydrogens (tertiary/aromatic N) is 1. The second kappa shape index (κ2) is 4.54. The highest BCUT2D eigenvalue weighted by Crippen LogP contribution is 2.17. The molecular formula is C10H11FN2O3. The Kier molecular flexibility index (Phi) is 3.12. The van der Waals surface area contributed by atoms with Crippen molar-refractivity contribution in [2.24, 2.45) is 0 Å². The number of rotatable bonds is 2. The smallest absolute Gasteiger partial charge is 0.357 e. The number of carboxylic acids is 1. The van der Waals surface area contributed by atoms with Crippen LogP contribution < -0.4 is 5.32 Å². The molecule has 2 rings (SSSR count). The van der Waals surface area contributed by atoms with E-state index in [-0.39, 0.29) is 6.04 Å². The maximum atomic E-state index is 13.3. The fraction of sp³-hybridized carbons (Fsp3) is 0.400. The zero-order valence-corrected chi connectivity index (χ0v) is 8.44. The first-order valence-corrected chi connectivity index (χ1v) is 4.88. The van der Waals surface area contributed by atoms with Crippen molar-refractivity contribution in [2.75, 3.05) is 19.8 Å². The lowest BCUT2D eigenvalue weighted by Gasteiger charge is -2.23. The number of ether oxygens (including phenoxy) is 1. The van der Waals surface area contributed by atoms with Crippen molar-refractivity contribution in [3.8, 4) is 0 Å². The van der Waals surface area contributed by atoms with Crippen molar-refractivity contribution >= 4 is 5.97 Å². The first kappa shape index (κ1) is 11.0. The molecule has 16 heavy (non-hydrogen) atoms. The molecule has 0 aliphatic carbocycles. The van der Waals surface area contributed by atoms with Gasteiger partial charge in [0.25, 0.3) is 0 Å². The summed E-state index contributed by atoms with van der Waals surface area (Å²) in [5.74, 6) is -2.19. The maximum Gasteiger partial charge on any atom is 0.357 e. The van der Waals surface area contributed by atoms with E-state index in [0.717, 1.165) is 0 Å². The standard InChI is InChI=1S/C10H11FN2O3/c11-7-3-6(4-13-9(7)10(14)15)8-5-16-2-1-12-8/h3-4,8,12H,1-2,5H2,(H,14,15)/t8-/m1/s1. The lowest BCUT2D eigenvalue weighted by Crippen LogP contribution is -2.34. The summed E-state index contributed by atoms with van der Waals surface area (Å²) in [6, 6.07) is 1.06. The van der Waals surface area contributed by atoms with E-state index in [1.807, 2.05) is 0 Å². The van der Waals surface area contributed by atoms with Crippen LogP contribution in [0.3, 0.4) is 0 Å². The van der Waals surface area contributed by atoms with Crippen molar-refractivity contribution in [1.82, 2.24) is 10.3 Å². The Hall–Kier alpha value is -1.53. The molecule has 0 radical (unpaired) electrons. The summed E-state index contributed by atoms with van der Waals surface area (Å²) in [6.45, 7) is 1.75. The molecule has 0 bridgehead atoms. The predicted octanol–water partition coefficient (Wildman–Crippen LogP) is 0.580. The molecule has 0 spiro atoms. The molecule has 0 amide bonds. The SMILES string of the molecule is O=C(O)c1ncc([C@H]2COCCN2)cc1F. The van der Waals surface area contributed by atoms with Gasteiger partial charge in [0.05, 0.1) is 19.3 Å². The minimum atomic E-state index is -1.36. The highest BCUT2D eigenvalue weighted by atomic mass is 19.1. The van der Waals surface area contributed by atoms with Crippen LogP contribution in [-0.4, -0.2) is 35.8 Å². The summed E-state index contributed by atoms with van der Waals surface area (Å²) in [7, 11) is 0. The molecular weight excluding hydrogens is 215 g/mol. The Labute approximate surface area is 91.3 Å². The van der Waals surface area contributed by atoms with E-state index < -0.39 is 17.5 Å². The number of aromatic carboxylic acids is 1. The van der Waals surface area contributed by atoms with Gasteiger partial charge < -0.3 is 15.2 Å². The average Bonchev–Trinajstić information content (AvgIpc) is 2.29. The molecule has 0 unspecified atom stereocenters. The van der Waals surface area contributed by atoms with Crippen LogP contribution in [0.25, 0.3) is 0 Å². The number of carboxylic acid groups (broad SMARTS) is 1. The first-order valence-electron chi connectivity index (χ1n) is 4.88. The van der Waals surface area contributed by atoms with Gasteiger partial charge in [-0.1, -0.05) is 0 Å². The van der Waals surface area contributed by atoms with Gasteiger partial charge in [-0.3, -0.25) is 0 Å². The fourth-order valence-electron chi connectivity index (χ4n) is 1.58. The molecule has 1 saturated heterocycles. The Morgan fingerprint density at radius 1 is 1.69 bits per heavy atom. The average molecular weight is 226 g/mol. The third kappa shape index (κ3) is 2.17. The molecule has 1 aromatic rings. The fourth-order valence-corrected chi connectivity index (χ4v) is 1.58. The number of hydrogen-bond donors (Lipinski definition) is 2. The van der Waals surface area contributed by atoms with Crippen molar-refractivity contribution in [3.63, 3.8) is 0 Å². The summed E-state index contributed by atoms with van der Waals surface area (Å²) in [5.41, 5.74) is 0.0441. The molecule has 1 aliphatic rings. The van der Waals surface area contributed by atoms with Crippen molar-refractivity contribution in [1.29, 1.82) is 0 Å². The van der Waals surface area contributed by atoms with Crippen LogP contribution in [0, 0.1) is 5.82 Å². The molecule has 0 aromatic carbocycles. The molecule has 2 heterocycles. The molecule has 1 aromatic heterocycles. The van der Waals surface area contributed by atoms with E-state index in [1.54, 1.807) is 0 Å².